The van der Waals surface area contributed by atoms with E-state index in [-0.39, 0.29) is 6.10 Å². The maximum absolute atomic E-state index is 12.5. The summed E-state index contributed by atoms with van der Waals surface area (Å²) in [5.74, 6) is 1.04. The van der Waals surface area contributed by atoms with E-state index in [0.717, 1.165) is 87.5 Å². The zero-order chi connectivity index (χ0) is 26.3. The molecule has 3 aliphatic rings. The standard InChI is InChI=1S/C31H43N3O4/c1-37-21-25-11-10-23(18-22-8-9-22)19-28(25)29(31(35)36)34-16-14-27(20-34)38-17-4-2-3-7-26-13-12-24-6-5-15-32-30(24)33-26/h10-13,19,22,27,29H,2-9,14-18,20-21H2,1H3,(H,32,33)(H,35,36)/t27-,29?/m1/s1. The van der Waals surface area contributed by atoms with Crippen molar-refractivity contribution < 1.29 is 19.4 Å². The summed E-state index contributed by atoms with van der Waals surface area (Å²) in [5.41, 5.74) is 5.59. The van der Waals surface area contributed by atoms with E-state index in [1.54, 1.807) is 7.11 Å². The van der Waals surface area contributed by atoms with Gasteiger partial charge < -0.3 is 19.9 Å². The first-order valence-electron chi connectivity index (χ1n) is 14.5. The topological polar surface area (TPSA) is 83.9 Å². The Hall–Kier alpha value is -2.48. The van der Waals surface area contributed by atoms with E-state index in [1.807, 2.05) is 0 Å². The van der Waals surface area contributed by atoms with E-state index in [0.29, 0.717) is 13.2 Å². The zero-order valence-electron chi connectivity index (χ0n) is 22.8. The van der Waals surface area contributed by atoms with Gasteiger partial charge in [-0.05, 0) is 92.0 Å². The van der Waals surface area contributed by atoms with Crippen LogP contribution in [-0.2, 0) is 40.1 Å². The molecule has 206 valence electrons. The number of carbonyl (C=O) groups is 1. The number of hydrogen-bond acceptors (Lipinski definition) is 6. The molecule has 0 spiro atoms. The molecule has 2 atom stereocenters. The number of anilines is 1. The van der Waals surface area contributed by atoms with Crippen molar-refractivity contribution in [1.29, 1.82) is 0 Å². The minimum atomic E-state index is -0.794. The van der Waals surface area contributed by atoms with Crippen LogP contribution < -0.4 is 5.32 Å². The second-order valence-electron chi connectivity index (χ2n) is 11.3. The van der Waals surface area contributed by atoms with Crippen LogP contribution in [0.15, 0.2) is 30.3 Å². The number of nitrogens with one attached hydrogen (secondary N) is 1. The summed E-state index contributed by atoms with van der Waals surface area (Å²) in [4.78, 5) is 19.4. The van der Waals surface area contributed by atoms with Crippen molar-refractivity contribution in [3.8, 4) is 0 Å². The molecule has 2 aromatic rings. The van der Waals surface area contributed by atoms with Gasteiger partial charge >= 0.3 is 5.97 Å². The molecule has 0 amide bonds. The second kappa shape index (κ2) is 13.0. The number of methoxy groups -OCH3 is 1. The maximum Gasteiger partial charge on any atom is 0.325 e. The number of nitrogens with zero attached hydrogens (tertiary/aromatic N) is 2. The molecular weight excluding hydrogens is 478 g/mol. The fourth-order valence-corrected chi connectivity index (χ4v) is 5.92. The number of aliphatic carboxylic acids is 1. The van der Waals surface area contributed by atoms with E-state index in [2.05, 4.69) is 40.5 Å². The van der Waals surface area contributed by atoms with Crippen molar-refractivity contribution in [2.24, 2.45) is 5.92 Å². The Balaban J connectivity index is 1.08. The first kappa shape index (κ1) is 27.1. The second-order valence-corrected chi connectivity index (χ2v) is 11.3. The highest BCUT2D eigenvalue weighted by atomic mass is 16.5. The average Bonchev–Trinajstić information content (AvgIpc) is 3.62. The van der Waals surface area contributed by atoms with Gasteiger partial charge in [-0.1, -0.05) is 30.7 Å². The Morgan fingerprint density at radius 2 is 2.08 bits per heavy atom. The molecule has 3 heterocycles. The highest BCUT2D eigenvalue weighted by molar-refractivity contribution is 5.76. The number of unbranched alkanes of at least 4 members (excludes halogenated alkanes) is 2. The summed E-state index contributed by atoms with van der Waals surface area (Å²) in [6, 6.07) is 10.1. The minimum absolute atomic E-state index is 0.0887. The first-order chi connectivity index (χ1) is 18.6. The molecule has 1 aliphatic carbocycles. The van der Waals surface area contributed by atoms with Crippen LogP contribution in [0.2, 0.25) is 0 Å². The van der Waals surface area contributed by atoms with Gasteiger partial charge in [0.2, 0.25) is 0 Å². The summed E-state index contributed by atoms with van der Waals surface area (Å²) in [6.45, 7) is 3.56. The molecule has 1 unspecified atom stereocenters. The Labute approximate surface area is 226 Å². The van der Waals surface area contributed by atoms with Crippen LogP contribution in [0.4, 0.5) is 5.82 Å². The van der Waals surface area contributed by atoms with E-state index >= 15 is 0 Å². The number of carboxylic acids is 1. The fraction of sp³-hybridized carbons (Fsp3) is 0.613. The Morgan fingerprint density at radius 1 is 1.18 bits per heavy atom. The number of likely N-dealkylation sites (tertiary alicyclic amines) is 1. The van der Waals surface area contributed by atoms with E-state index < -0.39 is 12.0 Å². The summed E-state index contributed by atoms with van der Waals surface area (Å²) >= 11 is 0. The molecule has 38 heavy (non-hydrogen) atoms. The van der Waals surface area contributed by atoms with Crippen molar-refractivity contribution in [1.82, 2.24) is 9.88 Å². The molecule has 1 aromatic heterocycles. The van der Waals surface area contributed by atoms with Crippen LogP contribution in [0, 0.1) is 5.92 Å². The molecule has 7 heteroatoms. The lowest BCUT2D eigenvalue weighted by Gasteiger charge is -2.27. The number of aryl methyl sites for hydroxylation is 2. The van der Waals surface area contributed by atoms with Crippen LogP contribution in [-0.4, -0.2) is 60.4 Å². The number of hydrogen-bond donors (Lipinski definition) is 2. The third-order valence-corrected chi connectivity index (χ3v) is 8.18. The highest BCUT2D eigenvalue weighted by Gasteiger charge is 2.35. The zero-order valence-corrected chi connectivity index (χ0v) is 22.8. The van der Waals surface area contributed by atoms with Crippen LogP contribution in [0.3, 0.4) is 0 Å². The number of rotatable bonds is 14. The molecule has 0 radical (unpaired) electrons. The molecule has 7 nitrogen and oxygen atoms in total. The lowest BCUT2D eigenvalue weighted by Crippen LogP contribution is -2.34. The van der Waals surface area contributed by atoms with Crippen molar-refractivity contribution in [3.63, 3.8) is 0 Å². The van der Waals surface area contributed by atoms with Gasteiger partial charge in [-0.25, -0.2) is 4.98 Å². The van der Waals surface area contributed by atoms with Gasteiger partial charge in [0.1, 0.15) is 11.9 Å². The molecule has 5 rings (SSSR count). The summed E-state index contributed by atoms with van der Waals surface area (Å²) < 4.78 is 11.6. The quantitative estimate of drug-likeness (QED) is 0.332. The number of ether oxygens (including phenoxy) is 2. The Morgan fingerprint density at radius 3 is 2.89 bits per heavy atom. The van der Waals surface area contributed by atoms with Gasteiger partial charge in [-0.3, -0.25) is 9.69 Å². The highest BCUT2D eigenvalue weighted by Crippen LogP contribution is 2.35. The molecule has 1 saturated heterocycles. The SMILES string of the molecule is COCc1ccc(CC2CC2)cc1C(C(=O)O)N1CC[C@@H](OCCCCCc2ccc3c(n2)NCCC3)C1. The van der Waals surface area contributed by atoms with Crippen LogP contribution in [0.25, 0.3) is 0 Å². The summed E-state index contributed by atoms with van der Waals surface area (Å²) in [6.07, 6.45) is 11.1. The smallest absolute Gasteiger partial charge is 0.325 e. The van der Waals surface area contributed by atoms with Crippen LogP contribution >= 0.6 is 0 Å². The number of carboxylic acid groups (broad SMARTS) is 1. The molecule has 2 fully saturated rings. The van der Waals surface area contributed by atoms with Crippen molar-refractivity contribution in [2.75, 3.05) is 38.7 Å². The normalized spacial score (nSPS) is 20.2. The number of pyridine rings is 1. The summed E-state index contributed by atoms with van der Waals surface area (Å²) in [7, 11) is 1.66. The number of benzene rings is 1. The van der Waals surface area contributed by atoms with Gasteiger partial charge in [0, 0.05) is 39.0 Å². The maximum atomic E-state index is 12.5. The molecular formula is C31H43N3O4. The van der Waals surface area contributed by atoms with Crippen molar-refractivity contribution >= 4 is 11.8 Å². The lowest BCUT2D eigenvalue weighted by atomic mass is 9.95. The van der Waals surface area contributed by atoms with E-state index in [4.69, 9.17) is 14.5 Å². The molecule has 1 aromatic carbocycles. The fourth-order valence-electron chi connectivity index (χ4n) is 5.92. The molecule has 1 saturated carbocycles. The third kappa shape index (κ3) is 7.13. The minimum Gasteiger partial charge on any atom is -0.480 e. The Kier molecular flexibility index (Phi) is 9.31. The average molecular weight is 522 g/mol. The van der Waals surface area contributed by atoms with Gasteiger partial charge in [0.25, 0.3) is 0 Å². The summed E-state index contributed by atoms with van der Waals surface area (Å²) in [5, 5.41) is 13.7. The predicted molar refractivity (Wildman–Crippen MR) is 148 cm³/mol. The number of aromatic nitrogens is 1. The largest absolute Gasteiger partial charge is 0.480 e. The van der Waals surface area contributed by atoms with Gasteiger partial charge in [-0.15, -0.1) is 0 Å². The van der Waals surface area contributed by atoms with Crippen molar-refractivity contribution in [3.05, 3.63) is 58.3 Å². The van der Waals surface area contributed by atoms with Crippen molar-refractivity contribution in [2.45, 2.75) is 83.0 Å². The van der Waals surface area contributed by atoms with Gasteiger partial charge in [0.15, 0.2) is 0 Å². The molecule has 2 N–H and O–H groups in total. The van der Waals surface area contributed by atoms with E-state index in [1.165, 1.54) is 36.1 Å². The van der Waals surface area contributed by atoms with Crippen LogP contribution in [0.1, 0.15) is 78.9 Å². The van der Waals surface area contributed by atoms with Gasteiger partial charge in [-0.2, -0.15) is 0 Å². The molecule has 0 bridgehead atoms. The first-order valence-corrected chi connectivity index (χ1v) is 14.5. The predicted octanol–water partition coefficient (Wildman–Crippen LogP) is 5.17. The van der Waals surface area contributed by atoms with Crippen LogP contribution in [0.5, 0.6) is 0 Å². The number of fused-ring (bicyclic) bond motifs is 1. The van der Waals surface area contributed by atoms with E-state index in [9.17, 15) is 9.90 Å². The third-order valence-electron chi connectivity index (χ3n) is 8.18. The Bertz CT molecular complexity index is 1090. The van der Waals surface area contributed by atoms with Gasteiger partial charge in [0.05, 0.1) is 12.7 Å². The molecule has 2 aliphatic heterocycles. The monoisotopic (exact) mass is 521 g/mol. The lowest BCUT2D eigenvalue weighted by molar-refractivity contribution is -0.143.